The molecule has 1 aliphatic rings. The van der Waals surface area contributed by atoms with Gasteiger partial charge >= 0.3 is 5.69 Å². The summed E-state index contributed by atoms with van der Waals surface area (Å²) in [5, 5.41) is 16.8. The standard InChI is InChI=1S/C13H17FN4O3S/c14-11-2-1-10(9-12(11)18(19)20)16-13(22)15-3-4-17-5-7-21-8-6-17/h1-2,9H,3-8H2,(H2,15,16,22). The van der Waals surface area contributed by atoms with E-state index in [-0.39, 0.29) is 0 Å². The molecule has 2 rings (SSSR count). The van der Waals surface area contributed by atoms with Crippen molar-refractivity contribution in [3.63, 3.8) is 0 Å². The molecule has 22 heavy (non-hydrogen) atoms. The van der Waals surface area contributed by atoms with Crippen molar-refractivity contribution in [3.05, 3.63) is 34.1 Å². The first-order valence-electron chi connectivity index (χ1n) is 6.85. The first kappa shape index (κ1) is 16.5. The van der Waals surface area contributed by atoms with E-state index in [1.54, 1.807) is 0 Å². The highest BCUT2D eigenvalue weighted by molar-refractivity contribution is 7.80. The second-order valence-corrected chi connectivity index (χ2v) is 5.17. The van der Waals surface area contributed by atoms with Crippen LogP contribution in [0.3, 0.4) is 0 Å². The van der Waals surface area contributed by atoms with Gasteiger partial charge in [-0.25, -0.2) is 0 Å². The molecule has 0 spiro atoms. The van der Waals surface area contributed by atoms with Crippen LogP contribution >= 0.6 is 12.2 Å². The Hall–Kier alpha value is -1.84. The van der Waals surface area contributed by atoms with Gasteiger partial charge in [0.2, 0.25) is 5.82 Å². The molecule has 0 aromatic heterocycles. The van der Waals surface area contributed by atoms with Crippen LogP contribution < -0.4 is 10.6 Å². The first-order chi connectivity index (χ1) is 10.6. The zero-order chi connectivity index (χ0) is 15.9. The lowest BCUT2D eigenvalue weighted by Gasteiger charge is -2.26. The van der Waals surface area contributed by atoms with E-state index in [1.165, 1.54) is 6.07 Å². The molecule has 0 radical (unpaired) electrons. The first-order valence-corrected chi connectivity index (χ1v) is 7.26. The Morgan fingerprint density at radius 3 is 2.86 bits per heavy atom. The minimum atomic E-state index is -0.873. The molecular weight excluding hydrogens is 311 g/mol. The number of hydrogen-bond acceptors (Lipinski definition) is 5. The van der Waals surface area contributed by atoms with Crippen LogP contribution in [-0.2, 0) is 4.74 Å². The van der Waals surface area contributed by atoms with Gasteiger partial charge < -0.3 is 15.4 Å². The highest BCUT2D eigenvalue weighted by atomic mass is 32.1. The molecule has 0 bridgehead atoms. The molecule has 0 unspecified atom stereocenters. The summed E-state index contributed by atoms with van der Waals surface area (Å²) in [7, 11) is 0. The average molecular weight is 328 g/mol. The summed E-state index contributed by atoms with van der Waals surface area (Å²) in [6.07, 6.45) is 0. The van der Waals surface area contributed by atoms with E-state index in [2.05, 4.69) is 15.5 Å². The van der Waals surface area contributed by atoms with E-state index < -0.39 is 16.4 Å². The van der Waals surface area contributed by atoms with E-state index >= 15 is 0 Å². The fraction of sp³-hybridized carbons (Fsp3) is 0.462. The maximum atomic E-state index is 13.2. The topological polar surface area (TPSA) is 79.7 Å². The van der Waals surface area contributed by atoms with Gasteiger partial charge in [0, 0.05) is 37.9 Å². The molecular formula is C13H17FN4O3S. The van der Waals surface area contributed by atoms with E-state index in [9.17, 15) is 14.5 Å². The van der Waals surface area contributed by atoms with E-state index in [0.29, 0.717) is 17.3 Å². The molecule has 1 saturated heterocycles. The smallest absolute Gasteiger partial charge is 0.306 e. The number of hydrogen-bond donors (Lipinski definition) is 2. The van der Waals surface area contributed by atoms with E-state index in [4.69, 9.17) is 17.0 Å². The maximum absolute atomic E-state index is 13.2. The lowest BCUT2D eigenvalue weighted by atomic mass is 10.2. The number of nitro benzene ring substituents is 1. The molecule has 1 aliphatic heterocycles. The monoisotopic (exact) mass is 328 g/mol. The van der Waals surface area contributed by atoms with Crippen molar-refractivity contribution < 1.29 is 14.1 Å². The molecule has 1 heterocycles. The summed E-state index contributed by atoms with van der Waals surface area (Å²) in [5.41, 5.74) is -0.210. The molecule has 0 aliphatic carbocycles. The molecule has 1 aromatic carbocycles. The molecule has 2 N–H and O–H groups in total. The minimum Gasteiger partial charge on any atom is -0.379 e. The quantitative estimate of drug-likeness (QED) is 0.480. The fourth-order valence-electron chi connectivity index (χ4n) is 2.06. The van der Waals surface area contributed by atoms with E-state index in [0.717, 1.165) is 45.0 Å². The molecule has 0 saturated carbocycles. The predicted octanol–water partition coefficient (Wildman–Crippen LogP) is 1.35. The average Bonchev–Trinajstić information content (AvgIpc) is 2.50. The normalized spacial score (nSPS) is 15.3. The van der Waals surface area contributed by atoms with Crippen LogP contribution in [0.2, 0.25) is 0 Å². The van der Waals surface area contributed by atoms with Crippen LogP contribution in [0.25, 0.3) is 0 Å². The Labute approximate surface area is 132 Å². The Morgan fingerprint density at radius 1 is 1.45 bits per heavy atom. The summed E-state index contributed by atoms with van der Waals surface area (Å²) in [6, 6.07) is 3.56. The molecule has 1 fully saturated rings. The highest BCUT2D eigenvalue weighted by Gasteiger charge is 2.15. The van der Waals surface area contributed by atoms with Gasteiger partial charge in [0.15, 0.2) is 5.11 Å². The van der Waals surface area contributed by atoms with Crippen LogP contribution in [0.5, 0.6) is 0 Å². The second kappa shape index (κ2) is 7.97. The number of morpholine rings is 1. The van der Waals surface area contributed by atoms with Crippen LogP contribution in [0.1, 0.15) is 0 Å². The Kier molecular flexibility index (Phi) is 5.99. The van der Waals surface area contributed by atoms with Crippen molar-refractivity contribution in [1.29, 1.82) is 0 Å². The fourth-order valence-corrected chi connectivity index (χ4v) is 2.28. The molecule has 0 atom stereocenters. The van der Waals surface area contributed by atoms with Gasteiger partial charge in [-0.1, -0.05) is 0 Å². The summed E-state index contributed by atoms with van der Waals surface area (Å²) in [4.78, 5) is 12.2. The van der Waals surface area contributed by atoms with Gasteiger partial charge in [0.25, 0.3) is 0 Å². The number of nitrogens with zero attached hydrogens (tertiary/aromatic N) is 2. The number of rotatable bonds is 5. The Bertz CT molecular complexity index is 552. The van der Waals surface area contributed by atoms with Crippen LogP contribution in [-0.4, -0.2) is 54.3 Å². The third-order valence-corrected chi connectivity index (χ3v) is 3.46. The molecule has 9 heteroatoms. The third kappa shape index (κ3) is 4.86. The Morgan fingerprint density at radius 2 is 2.18 bits per heavy atom. The van der Waals surface area contributed by atoms with Crippen molar-refractivity contribution in [2.24, 2.45) is 0 Å². The number of thiocarbonyl (C=S) groups is 1. The summed E-state index contributed by atoms with van der Waals surface area (Å²) < 4.78 is 18.5. The summed E-state index contributed by atoms with van der Waals surface area (Å²) in [6.45, 7) is 4.74. The van der Waals surface area contributed by atoms with Crippen LogP contribution in [0.15, 0.2) is 18.2 Å². The zero-order valence-corrected chi connectivity index (χ0v) is 12.7. The highest BCUT2D eigenvalue weighted by Crippen LogP contribution is 2.21. The van der Waals surface area contributed by atoms with Gasteiger partial charge in [-0.3, -0.25) is 15.0 Å². The van der Waals surface area contributed by atoms with Crippen molar-refractivity contribution >= 4 is 28.7 Å². The zero-order valence-electron chi connectivity index (χ0n) is 11.9. The summed E-state index contributed by atoms with van der Waals surface area (Å²) >= 11 is 5.12. The number of ether oxygens (including phenoxy) is 1. The third-order valence-electron chi connectivity index (χ3n) is 3.22. The SMILES string of the molecule is O=[N+]([O-])c1cc(NC(=S)NCCN2CCOCC2)ccc1F. The number of benzene rings is 1. The van der Waals surface area contributed by atoms with Gasteiger partial charge in [-0.05, 0) is 24.4 Å². The lowest BCUT2D eigenvalue weighted by molar-refractivity contribution is -0.387. The predicted molar refractivity (Wildman–Crippen MR) is 84.5 cm³/mol. The molecule has 120 valence electrons. The minimum absolute atomic E-state index is 0.342. The van der Waals surface area contributed by atoms with Gasteiger partial charge in [-0.15, -0.1) is 0 Å². The molecule has 7 nitrogen and oxygen atoms in total. The molecule has 1 aromatic rings. The number of nitro groups is 1. The maximum Gasteiger partial charge on any atom is 0.306 e. The Balaban J connectivity index is 1.79. The summed E-state index contributed by atoms with van der Waals surface area (Å²) in [5.74, 6) is -0.873. The van der Waals surface area contributed by atoms with E-state index in [1.807, 2.05) is 0 Å². The van der Waals surface area contributed by atoms with Crippen molar-refractivity contribution in [2.45, 2.75) is 0 Å². The van der Waals surface area contributed by atoms with Crippen LogP contribution in [0.4, 0.5) is 15.8 Å². The number of nitrogens with one attached hydrogen (secondary N) is 2. The number of anilines is 1. The van der Waals surface area contributed by atoms with Crippen molar-refractivity contribution in [2.75, 3.05) is 44.7 Å². The van der Waals surface area contributed by atoms with Crippen molar-refractivity contribution in [3.8, 4) is 0 Å². The van der Waals surface area contributed by atoms with Gasteiger partial charge in [-0.2, -0.15) is 4.39 Å². The molecule has 0 amide bonds. The largest absolute Gasteiger partial charge is 0.379 e. The van der Waals surface area contributed by atoms with Crippen LogP contribution in [0, 0.1) is 15.9 Å². The number of halogens is 1. The lowest BCUT2D eigenvalue weighted by Crippen LogP contribution is -2.42. The second-order valence-electron chi connectivity index (χ2n) is 4.76. The van der Waals surface area contributed by atoms with Gasteiger partial charge in [0.1, 0.15) is 0 Å². The van der Waals surface area contributed by atoms with Gasteiger partial charge in [0.05, 0.1) is 18.1 Å². The van der Waals surface area contributed by atoms with Crippen molar-refractivity contribution in [1.82, 2.24) is 10.2 Å².